The Morgan fingerprint density at radius 1 is 1.18 bits per heavy atom. The third kappa shape index (κ3) is 4.26. The van der Waals surface area contributed by atoms with E-state index in [1.807, 2.05) is 18.2 Å². The van der Waals surface area contributed by atoms with Gasteiger partial charge in [-0.05, 0) is 56.2 Å². The van der Waals surface area contributed by atoms with Crippen molar-refractivity contribution in [1.82, 2.24) is 5.32 Å². The third-order valence-electron chi connectivity index (χ3n) is 7.43. The monoisotopic (exact) mass is 403 g/mol. The first-order valence-electron chi connectivity index (χ1n) is 11.2. The molecule has 1 N–H and O–H groups in total. The van der Waals surface area contributed by atoms with E-state index >= 15 is 0 Å². The summed E-state index contributed by atoms with van der Waals surface area (Å²) in [4.78, 5) is 13.1. The Morgan fingerprint density at radius 2 is 1.96 bits per heavy atom. The Kier molecular flexibility index (Phi) is 6.04. The normalized spacial score (nSPS) is 36.5. The number of hydrogen-bond donors (Lipinski definition) is 1. The van der Waals surface area contributed by atoms with E-state index in [0.717, 1.165) is 42.7 Å². The topological polar surface area (TPSA) is 38.3 Å². The number of carbonyl (C=O) groups is 1. The lowest BCUT2D eigenvalue weighted by Crippen LogP contribution is -2.61. The molecule has 0 spiro atoms. The van der Waals surface area contributed by atoms with Crippen LogP contribution in [0.2, 0.25) is 5.02 Å². The molecule has 0 unspecified atom stereocenters. The van der Waals surface area contributed by atoms with Crippen molar-refractivity contribution in [2.24, 2.45) is 17.8 Å². The van der Waals surface area contributed by atoms with Crippen molar-refractivity contribution in [1.29, 1.82) is 0 Å². The van der Waals surface area contributed by atoms with E-state index in [0.29, 0.717) is 11.8 Å². The number of hydrogen-bond acceptors (Lipinski definition) is 2. The third-order valence-corrected chi connectivity index (χ3v) is 7.66. The molecular weight excluding hydrogens is 370 g/mol. The highest BCUT2D eigenvalue weighted by molar-refractivity contribution is 6.30. The molecule has 1 aromatic rings. The summed E-state index contributed by atoms with van der Waals surface area (Å²) in [5.74, 6) is 1.54. The lowest BCUT2D eigenvalue weighted by Gasteiger charge is -2.52. The number of fused-ring (bicyclic) bond motifs is 1. The first-order chi connectivity index (χ1) is 13.4. The molecule has 3 aliphatic rings. The van der Waals surface area contributed by atoms with Gasteiger partial charge in [0.25, 0.3) is 0 Å². The molecule has 0 radical (unpaired) electrons. The van der Waals surface area contributed by atoms with Crippen LogP contribution in [0.1, 0.15) is 83.3 Å². The molecule has 154 valence electrons. The van der Waals surface area contributed by atoms with Crippen LogP contribution in [0.3, 0.4) is 0 Å². The standard InChI is InChI=1S/C24H34ClNO2/c1-16-11-12-20-21(13-16)28-22(18-9-6-10-19(25)14-18)15-24(20,2)26-23(27)17-7-4-3-5-8-17/h6,9-10,14,16-17,20-22H,3-5,7-8,11-13,15H2,1-2H3,(H,26,27)/t16-,20-,21-,22-,24-/m0/s1. The summed E-state index contributed by atoms with van der Waals surface area (Å²) in [6.45, 7) is 4.59. The second-order valence-corrected chi connectivity index (χ2v) is 10.1. The van der Waals surface area contributed by atoms with Gasteiger partial charge in [-0.3, -0.25) is 4.79 Å². The van der Waals surface area contributed by atoms with Crippen molar-refractivity contribution in [3.05, 3.63) is 34.9 Å². The van der Waals surface area contributed by atoms with Gasteiger partial charge in [0, 0.05) is 28.8 Å². The van der Waals surface area contributed by atoms with Crippen LogP contribution in [-0.2, 0) is 9.53 Å². The lowest BCUT2D eigenvalue weighted by atomic mass is 9.66. The number of ether oxygens (including phenoxy) is 1. The molecule has 3 nitrogen and oxygen atoms in total. The van der Waals surface area contributed by atoms with Crippen LogP contribution in [0.5, 0.6) is 0 Å². The Morgan fingerprint density at radius 3 is 2.71 bits per heavy atom. The van der Waals surface area contributed by atoms with Crippen LogP contribution in [-0.4, -0.2) is 17.6 Å². The highest BCUT2D eigenvalue weighted by atomic mass is 35.5. The highest BCUT2D eigenvalue weighted by Crippen LogP contribution is 2.48. The van der Waals surface area contributed by atoms with Crippen LogP contribution in [0, 0.1) is 17.8 Å². The largest absolute Gasteiger partial charge is 0.370 e. The molecule has 1 saturated heterocycles. The summed E-state index contributed by atoms with van der Waals surface area (Å²) in [5, 5.41) is 4.29. The fraction of sp³-hybridized carbons (Fsp3) is 0.708. The summed E-state index contributed by atoms with van der Waals surface area (Å²) in [6, 6.07) is 8.02. The van der Waals surface area contributed by atoms with Crippen molar-refractivity contribution >= 4 is 17.5 Å². The van der Waals surface area contributed by atoms with Gasteiger partial charge in [0.2, 0.25) is 5.91 Å². The van der Waals surface area contributed by atoms with Gasteiger partial charge in [-0.2, -0.15) is 0 Å². The van der Waals surface area contributed by atoms with Crippen molar-refractivity contribution < 1.29 is 9.53 Å². The number of carbonyl (C=O) groups excluding carboxylic acids is 1. The predicted octanol–water partition coefficient (Wildman–Crippen LogP) is 6.06. The number of nitrogens with one attached hydrogen (secondary N) is 1. The second-order valence-electron chi connectivity index (χ2n) is 9.69. The summed E-state index contributed by atoms with van der Waals surface area (Å²) < 4.78 is 6.61. The van der Waals surface area contributed by atoms with Gasteiger partial charge in [0.15, 0.2) is 0 Å². The molecule has 1 amide bonds. The van der Waals surface area contributed by atoms with Crippen molar-refractivity contribution in [2.75, 3.05) is 0 Å². The van der Waals surface area contributed by atoms with E-state index in [2.05, 4.69) is 25.2 Å². The average Bonchev–Trinajstić information content (AvgIpc) is 2.68. The zero-order chi connectivity index (χ0) is 19.7. The molecule has 4 rings (SSSR count). The summed E-state index contributed by atoms with van der Waals surface area (Å²) >= 11 is 6.26. The SMILES string of the molecule is C[C@H]1CC[C@H]2[C@H](C1)O[C@H](c1cccc(Cl)c1)C[C@]2(C)NC(=O)C1CCCCC1. The van der Waals surface area contributed by atoms with Gasteiger partial charge < -0.3 is 10.1 Å². The Balaban J connectivity index is 1.57. The van der Waals surface area contributed by atoms with E-state index in [1.165, 1.54) is 25.7 Å². The minimum atomic E-state index is -0.218. The van der Waals surface area contributed by atoms with Gasteiger partial charge >= 0.3 is 0 Å². The van der Waals surface area contributed by atoms with Gasteiger partial charge in [-0.15, -0.1) is 0 Å². The first-order valence-corrected chi connectivity index (χ1v) is 11.6. The maximum Gasteiger partial charge on any atom is 0.223 e. The second kappa shape index (κ2) is 8.36. The van der Waals surface area contributed by atoms with Gasteiger partial charge in [-0.25, -0.2) is 0 Å². The highest BCUT2D eigenvalue weighted by Gasteiger charge is 2.49. The lowest BCUT2D eigenvalue weighted by molar-refractivity contribution is -0.155. The smallest absolute Gasteiger partial charge is 0.223 e. The fourth-order valence-electron chi connectivity index (χ4n) is 5.80. The number of amides is 1. The molecule has 0 bridgehead atoms. The molecule has 1 aliphatic heterocycles. The molecule has 2 aliphatic carbocycles. The predicted molar refractivity (Wildman–Crippen MR) is 113 cm³/mol. The van der Waals surface area contributed by atoms with E-state index in [1.54, 1.807) is 0 Å². The number of benzene rings is 1. The number of halogens is 1. The Labute approximate surface area is 174 Å². The van der Waals surface area contributed by atoms with Crippen molar-refractivity contribution in [3.8, 4) is 0 Å². The van der Waals surface area contributed by atoms with Crippen molar-refractivity contribution in [2.45, 2.75) is 89.4 Å². The molecule has 5 atom stereocenters. The summed E-state index contributed by atoms with van der Waals surface area (Å²) in [5.41, 5.74) is 0.909. The first kappa shape index (κ1) is 20.2. The van der Waals surface area contributed by atoms with E-state index in [9.17, 15) is 4.79 Å². The summed E-state index contributed by atoms with van der Waals surface area (Å²) in [7, 11) is 0. The zero-order valence-electron chi connectivity index (χ0n) is 17.3. The van der Waals surface area contributed by atoms with Crippen molar-refractivity contribution in [3.63, 3.8) is 0 Å². The van der Waals surface area contributed by atoms with Crippen LogP contribution in [0.15, 0.2) is 24.3 Å². The minimum absolute atomic E-state index is 0.0121. The quantitative estimate of drug-likeness (QED) is 0.665. The van der Waals surface area contributed by atoms with Gasteiger partial charge in [-0.1, -0.05) is 56.3 Å². The van der Waals surface area contributed by atoms with Crippen LogP contribution < -0.4 is 5.32 Å². The molecule has 2 saturated carbocycles. The van der Waals surface area contributed by atoms with Crippen LogP contribution in [0.4, 0.5) is 0 Å². The van der Waals surface area contributed by atoms with Gasteiger partial charge in [0.05, 0.1) is 12.2 Å². The van der Waals surface area contributed by atoms with E-state index in [-0.39, 0.29) is 29.6 Å². The molecule has 1 heterocycles. The average molecular weight is 404 g/mol. The Hall–Kier alpha value is -1.06. The van der Waals surface area contributed by atoms with E-state index < -0.39 is 0 Å². The maximum absolute atomic E-state index is 13.1. The van der Waals surface area contributed by atoms with Crippen LogP contribution in [0.25, 0.3) is 0 Å². The maximum atomic E-state index is 13.1. The molecule has 4 heteroatoms. The molecule has 28 heavy (non-hydrogen) atoms. The molecule has 1 aromatic carbocycles. The van der Waals surface area contributed by atoms with Gasteiger partial charge in [0.1, 0.15) is 0 Å². The molecule has 0 aromatic heterocycles. The number of rotatable bonds is 3. The minimum Gasteiger partial charge on any atom is -0.370 e. The fourth-order valence-corrected chi connectivity index (χ4v) is 6.00. The van der Waals surface area contributed by atoms with E-state index in [4.69, 9.17) is 16.3 Å². The summed E-state index contributed by atoms with van der Waals surface area (Å²) in [6.07, 6.45) is 10.2. The molecule has 3 fully saturated rings. The zero-order valence-corrected chi connectivity index (χ0v) is 18.0. The molecular formula is C24H34ClNO2. The Bertz CT molecular complexity index is 702. The van der Waals surface area contributed by atoms with Crippen LogP contribution >= 0.6 is 11.6 Å².